The molecule has 0 atom stereocenters. The summed E-state index contributed by atoms with van der Waals surface area (Å²) in [6, 6.07) is 8.35. The molecule has 2 aromatic carbocycles. The largest absolute Gasteiger partial charge is 0.352 e. The fourth-order valence-electron chi connectivity index (χ4n) is 2.36. The second-order valence-electron chi connectivity index (χ2n) is 6.33. The number of halogens is 2. The van der Waals surface area contributed by atoms with Crippen LogP contribution in [0.25, 0.3) is 0 Å². The number of carbonyl (C=O) groups is 2. The normalized spacial score (nSPS) is 11.4. The van der Waals surface area contributed by atoms with E-state index in [1.807, 2.05) is 6.92 Å². The molecule has 156 valence electrons. The molecule has 0 aliphatic heterocycles. The molecule has 0 saturated heterocycles. The topological polar surface area (TPSA) is 95.6 Å². The molecule has 0 aromatic heterocycles. The lowest BCUT2D eigenvalue weighted by atomic mass is 10.1. The Morgan fingerprint density at radius 2 is 1.66 bits per heavy atom. The Kier molecular flexibility index (Phi) is 7.65. The molecule has 0 radical (unpaired) electrons. The van der Waals surface area contributed by atoms with Crippen molar-refractivity contribution in [3.8, 4) is 0 Å². The minimum Gasteiger partial charge on any atom is -0.352 e. The molecular weight excluding hydrogens is 437 g/mol. The van der Waals surface area contributed by atoms with Gasteiger partial charge in [0.15, 0.2) is 0 Å². The summed E-state index contributed by atoms with van der Waals surface area (Å²) < 4.78 is 25.6. The van der Waals surface area contributed by atoms with Crippen molar-refractivity contribution in [1.29, 1.82) is 0 Å². The Morgan fingerprint density at radius 3 is 2.24 bits per heavy atom. The van der Waals surface area contributed by atoms with Gasteiger partial charge in [0.2, 0.25) is 10.0 Å². The van der Waals surface area contributed by atoms with Crippen molar-refractivity contribution in [3.63, 3.8) is 0 Å². The second kappa shape index (κ2) is 9.58. The molecule has 10 heteroatoms. The van der Waals surface area contributed by atoms with Gasteiger partial charge in [0, 0.05) is 26.3 Å². The predicted octanol–water partition coefficient (Wildman–Crippen LogP) is 3.64. The van der Waals surface area contributed by atoms with E-state index in [2.05, 4.69) is 10.6 Å². The van der Waals surface area contributed by atoms with Crippen LogP contribution in [0.4, 0.5) is 5.69 Å². The molecule has 0 saturated carbocycles. The molecular formula is C19H21Cl2N3O4S. The van der Waals surface area contributed by atoms with Crippen LogP contribution >= 0.6 is 23.2 Å². The van der Waals surface area contributed by atoms with Crippen molar-refractivity contribution >= 4 is 50.7 Å². The zero-order valence-electron chi connectivity index (χ0n) is 16.1. The first-order valence-electron chi connectivity index (χ1n) is 8.69. The van der Waals surface area contributed by atoms with Gasteiger partial charge in [0.1, 0.15) is 0 Å². The van der Waals surface area contributed by atoms with E-state index in [4.69, 9.17) is 23.2 Å². The summed E-state index contributed by atoms with van der Waals surface area (Å²) in [5.74, 6) is -0.913. The molecule has 0 heterocycles. The molecule has 2 aromatic rings. The number of nitrogens with zero attached hydrogens (tertiary/aromatic N) is 1. The maximum absolute atomic E-state index is 12.6. The van der Waals surface area contributed by atoms with Crippen molar-refractivity contribution in [1.82, 2.24) is 9.62 Å². The lowest BCUT2D eigenvalue weighted by Gasteiger charge is -2.13. The number of hydrogen-bond acceptors (Lipinski definition) is 4. The number of sulfonamides is 1. The average Bonchev–Trinajstić information content (AvgIpc) is 2.66. The van der Waals surface area contributed by atoms with Gasteiger partial charge in [0.25, 0.3) is 11.8 Å². The van der Waals surface area contributed by atoms with Crippen molar-refractivity contribution in [2.75, 3.05) is 26.0 Å². The van der Waals surface area contributed by atoms with Gasteiger partial charge in [-0.1, -0.05) is 30.1 Å². The van der Waals surface area contributed by atoms with E-state index in [1.54, 1.807) is 0 Å². The third-order valence-electron chi connectivity index (χ3n) is 3.97. The SMILES string of the molecule is CCCNC(=O)c1ccc(NC(=O)c2cc(S(=O)(=O)N(C)C)ccc2Cl)cc1Cl. The number of carbonyl (C=O) groups excluding carboxylic acids is 2. The van der Waals surface area contributed by atoms with Crippen LogP contribution in [0.2, 0.25) is 10.0 Å². The first kappa shape index (κ1) is 23.2. The number of hydrogen-bond donors (Lipinski definition) is 2. The second-order valence-corrected chi connectivity index (χ2v) is 9.30. The lowest BCUT2D eigenvalue weighted by Crippen LogP contribution is -2.24. The van der Waals surface area contributed by atoms with Crippen molar-refractivity contribution in [2.45, 2.75) is 18.2 Å². The zero-order chi connectivity index (χ0) is 21.8. The molecule has 2 N–H and O–H groups in total. The quantitative estimate of drug-likeness (QED) is 0.663. The fourth-order valence-corrected chi connectivity index (χ4v) is 3.76. The Hall–Kier alpha value is -2.13. The zero-order valence-corrected chi connectivity index (χ0v) is 18.5. The summed E-state index contributed by atoms with van der Waals surface area (Å²) in [5, 5.41) is 5.60. The molecule has 0 spiro atoms. The summed E-state index contributed by atoms with van der Waals surface area (Å²) in [6.07, 6.45) is 0.793. The van der Waals surface area contributed by atoms with Crippen molar-refractivity contribution in [3.05, 3.63) is 57.6 Å². The molecule has 2 amide bonds. The van der Waals surface area contributed by atoms with Crippen LogP contribution in [-0.4, -0.2) is 45.2 Å². The molecule has 0 fully saturated rings. The van der Waals surface area contributed by atoms with Crippen LogP contribution in [0.3, 0.4) is 0 Å². The highest BCUT2D eigenvalue weighted by Crippen LogP contribution is 2.25. The maximum atomic E-state index is 12.6. The molecule has 0 aliphatic carbocycles. The molecule has 0 bridgehead atoms. The molecule has 7 nitrogen and oxygen atoms in total. The van der Waals surface area contributed by atoms with Gasteiger partial charge in [-0.3, -0.25) is 9.59 Å². The Morgan fingerprint density at radius 1 is 0.966 bits per heavy atom. The van der Waals surface area contributed by atoms with E-state index in [-0.39, 0.29) is 32.0 Å². The van der Waals surface area contributed by atoms with E-state index >= 15 is 0 Å². The van der Waals surface area contributed by atoms with Crippen LogP contribution in [0.15, 0.2) is 41.3 Å². The summed E-state index contributed by atoms with van der Waals surface area (Å²) in [7, 11) is -0.938. The lowest BCUT2D eigenvalue weighted by molar-refractivity contribution is 0.0953. The number of rotatable bonds is 7. The number of benzene rings is 2. The summed E-state index contributed by atoms with van der Waals surface area (Å²) in [6.45, 7) is 2.46. The van der Waals surface area contributed by atoms with Crippen LogP contribution in [0, 0.1) is 0 Å². The third-order valence-corrected chi connectivity index (χ3v) is 6.42. The Labute approximate surface area is 180 Å². The van der Waals surface area contributed by atoms with Crippen LogP contribution in [-0.2, 0) is 10.0 Å². The van der Waals surface area contributed by atoms with E-state index in [0.29, 0.717) is 12.2 Å². The molecule has 2 rings (SSSR count). The van der Waals surface area contributed by atoms with Crippen LogP contribution in [0.5, 0.6) is 0 Å². The Balaban J connectivity index is 2.27. The van der Waals surface area contributed by atoms with Gasteiger partial charge in [-0.05, 0) is 42.8 Å². The average molecular weight is 458 g/mol. The molecule has 0 unspecified atom stereocenters. The fraction of sp³-hybridized carbons (Fsp3) is 0.263. The van der Waals surface area contributed by atoms with Gasteiger partial charge in [-0.2, -0.15) is 0 Å². The standard InChI is InChI=1S/C19H21Cl2N3O4S/c1-4-9-22-18(25)14-7-5-12(10-17(14)21)23-19(26)15-11-13(6-8-16(15)20)29(27,28)24(2)3/h5-8,10-11H,4,9H2,1-3H3,(H,22,25)(H,23,26). The predicted molar refractivity (Wildman–Crippen MR) is 114 cm³/mol. The monoisotopic (exact) mass is 457 g/mol. The van der Waals surface area contributed by atoms with E-state index in [1.165, 1.54) is 50.5 Å². The minimum atomic E-state index is -3.72. The van der Waals surface area contributed by atoms with Gasteiger partial charge in [-0.25, -0.2) is 12.7 Å². The van der Waals surface area contributed by atoms with Crippen molar-refractivity contribution < 1.29 is 18.0 Å². The van der Waals surface area contributed by atoms with Gasteiger partial charge >= 0.3 is 0 Å². The highest BCUT2D eigenvalue weighted by Gasteiger charge is 2.21. The van der Waals surface area contributed by atoms with Gasteiger partial charge in [0.05, 0.1) is 26.1 Å². The van der Waals surface area contributed by atoms with Crippen LogP contribution in [0.1, 0.15) is 34.1 Å². The van der Waals surface area contributed by atoms with E-state index < -0.39 is 15.9 Å². The van der Waals surface area contributed by atoms with Crippen LogP contribution < -0.4 is 10.6 Å². The smallest absolute Gasteiger partial charge is 0.257 e. The summed E-state index contributed by atoms with van der Waals surface area (Å²) >= 11 is 12.2. The van der Waals surface area contributed by atoms with E-state index in [9.17, 15) is 18.0 Å². The highest BCUT2D eigenvalue weighted by molar-refractivity contribution is 7.89. The maximum Gasteiger partial charge on any atom is 0.257 e. The summed E-state index contributed by atoms with van der Waals surface area (Å²) in [5.41, 5.74) is 0.620. The van der Waals surface area contributed by atoms with E-state index in [0.717, 1.165) is 10.7 Å². The highest BCUT2D eigenvalue weighted by atomic mass is 35.5. The molecule has 0 aliphatic rings. The molecule has 29 heavy (non-hydrogen) atoms. The van der Waals surface area contributed by atoms with Crippen molar-refractivity contribution in [2.24, 2.45) is 0 Å². The first-order chi connectivity index (χ1) is 13.6. The number of nitrogens with one attached hydrogen (secondary N) is 2. The first-order valence-corrected chi connectivity index (χ1v) is 10.9. The Bertz CT molecular complexity index is 1040. The van der Waals surface area contributed by atoms with Gasteiger partial charge in [-0.15, -0.1) is 0 Å². The summed E-state index contributed by atoms with van der Waals surface area (Å²) in [4.78, 5) is 24.6. The van der Waals surface area contributed by atoms with Gasteiger partial charge < -0.3 is 10.6 Å². The third kappa shape index (κ3) is 5.48. The number of anilines is 1. The minimum absolute atomic E-state index is 0.00419. The number of amides is 2.